The van der Waals surface area contributed by atoms with Crippen LogP contribution in [0.3, 0.4) is 0 Å². The zero-order valence-corrected chi connectivity index (χ0v) is 11.1. The molecule has 5 heteroatoms. The third kappa shape index (κ3) is 2.71. The van der Waals surface area contributed by atoms with Gasteiger partial charge in [-0.25, -0.2) is 12.8 Å². The van der Waals surface area contributed by atoms with E-state index in [4.69, 9.17) is 10.7 Å². The number of rotatable bonds is 2. The van der Waals surface area contributed by atoms with Gasteiger partial charge in [0.25, 0.3) is 9.05 Å². The molecule has 94 valence electrons. The van der Waals surface area contributed by atoms with Crippen LogP contribution in [0.5, 0.6) is 0 Å². The Bertz CT molecular complexity index is 679. The van der Waals surface area contributed by atoms with Gasteiger partial charge >= 0.3 is 0 Å². The van der Waals surface area contributed by atoms with Crippen LogP contribution in [0.4, 0.5) is 4.39 Å². The highest BCUT2D eigenvalue weighted by Crippen LogP contribution is 2.26. The van der Waals surface area contributed by atoms with Gasteiger partial charge in [-0.15, -0.1) is 0 Å². The molecule has 0 N–H and O–H groups in total. The molecule has 2 aromatic carbocycles. The Balaban J connectivity index is 2.57. The zero-order chi connectivity index (χ0) is 13.3. The van der Waals surface area contributed by atoms with Gasteiger partial charge in [-0.3, -0.25) is 0 Å². The first-order valence-corrected chi connectivity index (χ1v) is 7.50. The predicted molar refractivity (Wildman–Crippen MR) is 69.6 cm³/mol. The first-order chi connectivity index (χ1) is 8.38. The lowest BCUT2D eigenvalue weighted by molar-refractivity contribution is 0.576. The molecule has 2 rings (SSSR count). The summed E-state index contributed by atoms with van der Waals surface area (Å²) in [5.74, 6) is -0.846. The van der Waals surface area contributed by atoms with Crippen LogP contribution in [0.15, 0.2) is 47.4 Å². The van der Waals surface area contributed by atoms with Gasteiger partial charge in [-0.2, -0.15) is 0 Å². The van der Waals surface area contributed by atoms with Crippen molar-refractivity contribution < 1.29 is 12.8 Å². The Morgan fingerprint density at radius 1 is 1.00 bits per heavy atom. The van der Waals surface area contributed by atoms with Crippen LogP contribution in [-0.4, -0.2) is 8.42 Å². The summed E-state index contributed by atoms with van der Waals surface area (Å²) in [5, 5.41) is 0. The quantitative estimate of drug-likeness (QED) is 0.788. The number of hydrogen-bond donors (Lipinski definition) is 0. The van der Waals surface area contributed by atoms with Crippen LogP contribution < -0.4 is 0 Å². The van der Waals surface area contributed by atoms with Crippen molar-refractivity contribution >= 4 is 19.7 Å². The third-order valence-corrected chi connectivity index (χ3v) is 3.92. The monoisotopic (exact) mass is 284 g/mol. The van der Waals surface area contributed by atoms with Gasteiger partial charge in [-0.05, 0) is 30.2 Å². The molecule has 0 bridgehead atoms. The summed E-state index contributed by atoms with van der Waals surface area (Å²) in [6, 6.07) is 11.3. The van der Waals surface area contributed by atoms with Gasteiger partial charge in [0.15, 0.2) is 0 Å². The topological polar surface area (TPSA) is 34.1 Å². The Kier molecular flexibility index (Phi) is 3.41. The molecule has 0 heterocycles. The molecule has 0 fully saturated rings. The van der Waals surface area contributed by atoms with Crippen LogP contribution in [0.25, 0.3) is 11.1 Å². The van der Waals surface area contributed by atoms with E-state index in [1.807, 2.05) is 31.2 Å². The highest BCUT2D eigenvalue weighted by atomic mass is 35.7. The molecule has 0 atom stereocenters. The van der Waals surface area contributed by atoms with Crippen molar-refractivity contribution in [2.24, 2.45) is 0 Å². The fourth-order valence-corrected chi connectivity index (χ4v) is 2.54. The minimum absolute atomic E-state index is 0.498. The second-order valence-electron chi connectivity index (χ2n) is 3.95. The van der Waals surface area contributed by atoms with Crippen LogP contribution in [0.2, 0.25) is 0 Å². The Morgan fingerprint density at radius 3 is 2.11 bits per heavy atom. The highest BCUT2D eigenvalue weighted by molar-refractivity contribution is 8.13. The van der Waals surface area contributed by atoms with Gasteiger partial charge in [0.1, 0.15) is 10.7 Å². The standard InChI is InChI=1S/C13H10ClFO2S/c1-9-2-4-10(5-3-9)11-6-7-12(15)13(8-11)18(14,16)17/h2-8H,1H3. The highest BCUT2D eigenvalue weighted by Gasteiger charge is 2.16. The lowest BCUT2D eigenvalue weighted by Crippen LogP contribution is -1.95. The maximum absolute atomic E-state index is 13.4. The zero-order valence-electron chi connectivity index (χ0n) is 9.52. The van der Waals surface area contributed by atoms with Crippen molar-refractivity contribution in [2.75, 3.05) is 0 Å². The van der Waals surface area contributed by atoms with E-state index in [1.54, 1.807) is 0 Å². The fourth-order valence-electron chi connectivity index (χ4n) is 1.62. The van der Waals surface area contributed by atoms with Crippen molar-refractivity contribution in [3.8, 4) is 11.1 Å². The van der Waals surface area contributed by atoms with E-state index in [1.165, 1.54) is 12.1 Å². The number of aryl methyl sites for hydroxylation is 1. The summed E-state index contributed by atoms with van der Waals surface area (Å²) in [4.78, 5) is -0.498. The van der Waals surface area contributed by atoms with Crippen LogP contribution in [0, 0.1) is 12.7 Å². The van der Waals surface area contributed by atoms with Crippen LogP contribution in [0.1, 0.15) is 5.56 Å². The van der Waals surface area contributed by atoms with Crippen LogP contribution in [-0.2, 0) is 9.05 Å². The second-order valence-corrected chi connectivity index (χ2v) is 6.48. The minimum atomic E-state index is -4.07. The lowest BCUT2D eigenvalue weighted by atomic mass is 10.0. The second kappa shape index (κ2) is 4.71. The van der Waals surface area contributed by atoms with Crippen molar-refractivity contribution in [1.29, 1.82) is 0 Å². The summed E-state index contributed by atoms with van der Waals surface area (Å²) >= 11 is 0. The smallest absolute Gasteiger partial charge is 0.207 e. The molecule has 0 radical (unpaired) electrons. The third-order valence-electron chi connectivity index (χ3n) is 2.58. The molecule has 0 aliphatic carbocycles. The Hall–Kier alpha value is -1.39. The molecule has 0 aromatic heterocycles. The van der Waals surface area contributed by atoms with Gasteiger partial charge in [0.05, 0.1) is 0 Å². The summed E-state index contributed by atoms with van der Waals surface area (Å²) in [6.07, 6.45) is 0. The van der Waals surface area contributed by atoms with E-state index in [2.05, 4.69) is 0 Å². The maximum atomic E-state index is 13.4. The molecule has 0 unspecified atom stereocenters. The molecule has 0 saturated carbocycles. The number of hydrogen-bond acceptors (Lipinski definition) is 2. The van der Waals surface area contributed by atoms with E-state index < -0.39 is 19.8 Å². The minimum Gasteiger partial charge on any atom is -0.207 e. The normalized spacial score (nSPS) is 11.5. The molecule has 0 aliphatic heterocycles. The molecule has 0 aliphatic rings. The van der Waals surface area contributed by atoms with Gasteiger partial charge in [0.2, 0.25) is 0 Å². The summed E-state index contributed by atoms with van der Waals surface area (Å²) < 4.78 is 35.8. The van der Waals surface area contributed by atoms with Gasteiger partial charge < -0.3 is 0 Å². The maximum Gasteiger partial charge on any atom is 0.264 e. The predicted octanol–water partition coefficient (Wildman–Crippen LogP) is 3.73. The Morgan fingerprint density at radius 2 is 1.56 bits per heavy atom. The average Bonchev–Trinajstić information content (AvgIpc) is 2.29. The van der Waals surface area contributed by atoms with Gasteiger partial charge in [0, 0.05) is 10.7 Å². The van der Waals surface area contributed by atoms with E-state index in [0.29, 0.717) is 5.56 Å². The summed E-state index contributed by atoms with van der Waals surface area (Å²) in [7, 11) is 1.11. The summed E-state index contributed by atoms with van der Waals surface area (Å²) in [6.45, 7) is 1.95. The molecule has 0 spiro atoms. The van der Waals surface area contributed by atoms with Crippen LogP contribution >= 0.6 is 10.7 Å². The SMILES string of the molecule is Cc1ccc(-c2ccc(F)c(S(=O)(=O)Cl)c2)cc1. The fraction of sp³-hybridized carbons (Fsp3) is 0.0769. The average molecular weight is 285 g/mol. The van der Waals surface area contributed by atoms with Crippen molar-refractivity contribution in [3.63, 3.8) is 0 Å². The molecular formula is C13H10ClFO2S. The van der Waals surface area contributed by atoms with Gasteiger partial charge in [-0.1, -0.05) is 35.9 Å². The Labute approximate surface area is 109 Å². The van der Waals surface area contributed by atoms with E-state index >= 15 is 0 Å². The van der Waals surface area contributed by atoms with Crippen molar-refractivity contribution in [2.45, 2.75) is 11.8 Å². The molecular weight excluding hydrogens is 275 g/mol. The largest absolute Gasteiger partial charge is 0.264 e. The van der Waals surface area contributed by atoms with Crippen molar-refractivity contribution in [3.05, 3.63) is 53.8 Å². The number of halogens is 2. The van der Waals surface area contributed by atoms with E-state index in [9.17, 15) is 12.8 Å². The number of benzene rings is 2. The van der Waals surface area contributed by atoms with E-state index in [0.717, 1.165) is 17.2 Å². The summed E-state index contributed by atoms with van der Waals surface area (Å²) in [5.41, 5.74) is 2.50. The molecule has 0 saturated heterocycles. The van der Waals surface area contributed by atoms with Crippen molar-refractivity contribution in [1.82, 2.24) is 0 Å². The van der Waals surface area contributed by atoms with E-state index in [-0.39, 0.29) is 0 Å². The lowest BCUT2D eigenvalue weighted by Gasteiger charge is -2.05. The molecule has 0 amide bonds. The molecule has 2 nitrogen and oxygen atoms in total. The first-order valence-electron chi connectivity index (χ1n) is 5.19. The molecule has 2 aromatic rings. The first kappa shape index (κ1) is 13.1. The molecule has 18 heavy (non-hydrogen) atoms.